The second-order valence-electron chi connectivity index (χ2n) is 7.79. The maximum Gasteiger partial charge on any atom is 0.417 e. The van der Waals surface area contributed by atoms with Crippen molar-refractivity contribution in [2.24, 2.45) is 5.92 Å². The number of alkyl halides is 3. The molecular weight excluding hydrogens is 389 g/mol. The lowest BCUT2D eigenvalue weighted by atomic mass is 9.94. The van der Waals surface area contributed by atoms with Crippen molar-refractivity contribution in [2.45, 2.75) is 51.5 Å². The molecule has 1 amide bonds. The Balaban J connectivity index is 2.03. The second-order valence-corrected chi connectivity index (χ2v) is 8.16. The molecule has 0 aliphatic carbocycles. The Hall–Kier alpha value is -2.18. The monoisotopic (exact) mass is 410 g/mol. The van der Waals surface area contributed by atoms with E-state index in [-0.39, 0.29) is 17.0 Å². The van der Waals surface area contributed by atoms with Gasteiger partial charge in [0.25, 0.3) is 5.91 Å². The summed E-state index contributed by atoms with van der Waals surface area (Å²) in [5.74, 6) is 0.0519. The maximum absolute atomic E-state index is 13.4. The van der Waals surface area contributed by atoms with Crippen LogP contribution in [0.15, 0.2) is 18.2 Å². The lowest BCUT2D eigenvalue weighted by molar-refractivity contribution is -0.137. The Labute approximate surface area is 167 Å². The minimum atomic E-state index is -4.71. The van der Waals surface area contributed by atoms with Crippen LogP contribution in [0.5, 0.6) is 0 Å². The standard InChI is InChI=1S/C19H21F3N4OS/c1-11-6-7-24-15(8-11)26-17(28)25(16(27)18(26,2)3)13-5-4-12(10-23)14(9-13)19(20,21)22/h4-5,9,11,15,24H,6-8H2,1-3H3. The number of hydrogen-bond acceptors (Lipinski definition) is 4. The minimum Gasteiger partial charge on any atom is -0.319 e. The van der Waals surface area contributed by atoms with Crippen LogP contribution in [-0.2, 0) is 11.0 Å². The molecule has 1 aromatic carbocycles. The van der Waals surface area contributed by atoms with Gasteiger partial charge in [0.2, 0.25) is 0 Å². The molecule has 2 fully saturated rings. The highest BCUT2D eigenvalue weighted by Crippen LogP contribution is 2.39. The van der Waals surface area contributed by atoms with Crippen molar-refractivity contribution in [1.82, 2.24) is 10.2 Å². The van der Waals surface area contributed by atoms with E-state index in [1.807, 2.05) is 0 Å². The molecule has 0 bridgehead atoms. The lowest BCUT2D eigenvalue weighted by Crippen LogP contribution is -2.57. The number of anilines is 1. The highest BCUT2D eigenvalue weighted by atomic mass is 32.1. The fourth-order valence-electron chi connectivity index (χ4n) is 3.84. The molecule has 28 heavy (non-hydrogen) atoms. The molecule has 2 heterocycles. The highest BCUT2D eigenvalue weighted by molar-refractivity contribution is 7.80. The van der Waals surface area contributed by atoms with E-state index in [9.17, 15) is 18.0 Å². The van der Waals surface area contributed by atoms with E-state index >= 15 is 0 Å². The van der Waals surface area contributed by atoms with Gasteiger partial charge < -0.3 is 4.90 Å². The van der Waals surface area contributed by atoms with Crippen molar-refractivity contribution in [2.75, 3.05) is 11.4 Å². The van der Waals surface area contributed by atoms with Gasteiger partial charge >= 0.3 is 6.18 Å². The van der Waals surface area contributed by atoms with Crippen molar-refractivity contribution in [1.29, 1.82) is 5.26 Å². The van der Waals surface area contributed by atoms with Gasteiger partial charge in [-0.25, -0.2) is 0 Å². The number of hydrogen-bond donors (Lipinski definition) is 1. The fraction of sp³-hybridized carbons (Fsp3) is 0.526. The molecule has 0 aromatic heterocycles. The third kappa shape index (κ3) is 3.35. The number of piperidine rings is 1. The summed E-state index contributed by atoms with van der Waals surface area (Å²) in [7, 11) is 0. The summed E-state index contributed by atoms with van der Waals surface area (Å²) in [6.07, 6.45) is -3.08. The molecular formula is C19H21F3N4OS. The van der Waals surface area contributed by atoms with Crippen LogP contribution >= 0.6 is 12.2 Å². The number of carbonyl (C=O) groups excluding carboxylic acids is 1. The number of amides is 1. The van der Waals surface area contributed by atoms with Crippen molar-refractivity contribution < 1.29 is 18.0 Å². The molecule has 5 nitrogen and oxygen atoms in total. The first kappa shape index (κ1) is 20.6. The van der Waals surface area contributed by atoms with Gasteiger partial charge in [-0.1, -0.05) is 6.92 Å². The predicted molar refractivity (Wildman–Crippen MR) is 102 cm³/mol. The van der Waals surface area contributed by atoms with Crippen LogP contribution < -0.4 is 10.2 Å². The first-order valence-electron chi connectivity index (χ1n) is 9.01. The molecule has 150 valence electrons. The van der Waals surface area contributed by atoms with Gasteiger partial charge in [-0.2, -0.15) is 18.4 Å². The van der Waals surface area contributed by atoms with E-state index < -0.39 is 28.7 Å². The van der Waals surface area contributed by atoms with Crippen LogP contribution in [0.25, 0.3) is 0 Å². The van der Waals surface area contributed by atoms with Crippen LogP contribution in [0.2, 0.25) is 0 Å². The zero-order valence-corrected chi connectivity index (χ0v) is 16.6. The van der Waals surface area contributed by atoms with Crippen molar-refractivity contribution in [3.63, 3.8) is 0 Å². The van der Waals surface area contributed by atoms with Gasteiger partial charge in [0, 0.05) is 0 Å². The summed E-state index contributed by atoms with van der Waals surface area (Å²) >= 11 is 5.53. The minimum absolute atomic E-state index is 0.0146. The molecule has 1 aromatic rings. The summed E-state index contributed by atoms with van der Waals surface area (Å²) in [6.45, 7) is 6.34. The molecule has 1 N–H and O–H groups in total. The first-order valence-corrected chi connectivity index (χ1v) is 9.42. The average molecular weight is 410 g/mol. The zero-order chi connectivity index (χ0) is 20.9. The molecule has 2 atom stereocenters. The van der Waals surface area contributed by atoms with E-state index in [1.54, 1.807) is 24.8 Å². The van der Waals surface area contributed by atoms with Gasteiger partial charge in [0.15, 0.2) is 5.11 Å². The van der Waals surface area contributed by atoms with Crippen LogP contribution in [-0.4, -0.2) is 34.2 Å². The van der Waals surface area contributed by atoms with E-state index in [1.165, 1.54) is 6.07 Å². The SMILES string of the molecule is CC1CCNC(N2C(=S)N(c3ccc(C#N)c(C(F)(F)F)c3)C(=O)C2(C)C)C1. The molecule has 9 heteroatoms. The Morgan fingerprint density at radius 3 is 2.61 bits per heavy atom. The van der Waals surface area contributed by atoms with E-state index in [0.29, 0.717) is 5.92 Å². The number of carbonyl (C=O) groups is 1. The Bertz CT molecular complexity index is 862. The van der Waals surface area contributed by atoms with Gasteiger partial charge in [-0.05, 0) is 69.6 Å². The Morgan fingerprint density at radius 1 is 1.36 bits per heavy atom. The van der Waals surface area contributed by atoms with Crippen molar-refractivity contribution >= 4 is 28.9 Å². The Morgan fingerprint density at radius 2 is 2.04 bits per heavy atom. The first-order chi connectivity index (χ1) is 13.0. The number of thiocarbonyl (C=S) groups is 1. The fourth-order valence-corrected chi connectivity index (χ4v) is 4.38. The summed E-state index contributed by atoms with van der Waals surface area (Å²) < 4.78 is 40.1. The molecule has 2 aliphatic rings. The number of nitriles is 1. The third-order valence-corrected chi connectivity index (χ3v) is 5.75. The van der Waals surface area contributed by atoms with E-state index in [0.717, 1.165) is 36.4 Å². The van der Waals surface area contributed by atoms with Gasteiger partial charge in [0.05, 0.1) is 29.0 Å². The molecule has 0 radical (unpaired) electrons. The quantitative estimate of drug-likeness (QED) is 0.755. The topological polar surface area (TPSA) is 59.4 Å². The molecule has 0 spiro atoms. The van der Waals surface area contributed by atoms with E-state index in [4.69, 9.17) is 17.5 Å². The van der Waals surface area contributed by atoms with Gasteiger partial charge in [-0.15, -0.1) is 0 Å². The Kier molecular flexibility index (Phi) is 5.15. The van der Waals surface area contributed by atoms with Gasteiger partial charge in [-0.3, -0.25) is 15.0 Å². The molecule has 2 unspecified atom stereocenters. The van der Waals surface area contributed by atoms with Crippen LogP contribution in [0.4, 0.5) is 18.9 Å². The summed E-state index contributed by atoms with van der Waals surface area (Å²) in [5, 5.41) is 12.5. The number of benzene rings is 1. The van der Waals surface area contributed by atoms with Crippen molar-refractivity contribution in [3.05, 3.63) is 29.3 Å². The smallest absolute Gasteiger partial charge is 0.319 e. The summed E-state index contributed by atoms with van der Waals surface area (Å²) in [5.41, 5.74) is -2.56. The molecule has 2 saturated heterocycles. The average Bonchev–Trinajstić information content (AvgIpc) is 2.78. The number of nitrogens with zero attached hydrogens (tertiary/aromatic N) is 3. The van der Waals surface area contributed by atoms with E-state index in [2.05, 4.69) is 12.2 Å². The largest absolute Gasteiger partial charge is 0.417 e. The lowest BCUT2D eigenvalue weighted by Gasteiger charge is -2.41. The predicted octanol–water partition coefficient (Wildman–Crippen LogP) is 3.63. The molecule has 3 rings (SSSR count). The maximum atomic E-state index is 13.4. The zero-order valence-electron chi connectivity index (χ0n) is 15.8. The van der Waals surface area contributed by atoms with Crippen molar-refractivity contribution in [3.8, 4) is 6.07 Å². The number of halogens is 3. The van der Waals surface area contributed by atoms with Gasteiger partial charge in [0.1, 0.15) is 5.54 Å². The summed E-state index contributed by atoms with van der Waals surface area (Å²) in [4.78, 5) is 16.0. The number of rotatable bonds is 2. The van der Waals surface area contributed by atoms with Crippen LogP contribution in [0.3, 0.4) is 0 Å². The normalized spacial score (nSPS) is 25.2. The third-order valence-electron chi connectivity index (χ3n) is 5.37. The van der Waals surface area contributed by atoms with Crippen LogP contribution in [0.1, 0.15) is 44.7 Å². The molecule has 0 saturated carbocycles. The highest BCUT2D eigenvalue weighted by Gasteiger charge is 2.52. The number of nitrogens with one attached hydrogen (secondary N) is 1. The second kappa shape index (κ2) is 7.01. The van der Waals surface area contributed by atoms with Crippen LogP contribution in [0, 0.1) is 17.2 Å². The summed E-state index contributed by atoms with van der Waals surface area (Å²) in [6, 6.07) is 4.77. The molecule has 2 aliphatic heterocycles.